The highest BCUT2D eigenvalue weighted by molar-refractivity contribution is 8.00. The highest BCUT2D eigenvalue weighted by atomic mass is 32.2. The van der Waals surface area contributed by atoms with Crippen LogP contribution in [0.4, 0.5) is 4.79 Å². The minimum atomic E-state index is -1.10. The monoisotopic (exact) mass is 486 g/mol. The third-order valence-corrected chi connectivity index (χ3v) is 7.21. The van der Waals surface area contributed by atoms with Crippen molar-refractivity contribution in [1.29, 1.82) is 0 Å². The van der Waals surface area contributed by atoms with Crippen LogP contribution in [-0.4, -0.2) is 83.4 Å². The Hall–Kier alpha value is -2.50. The summed E-state index contributed by atoms with van der Waals surface area (Å²) in [6, 6.07) is -1.21. The zero-order valence-electron chi connectivity index (χ0n) is 19.4. The molecule has 0 spiro atoms. The number of β-lactam (4-membered cyclic amide) rings is 1. The number of amides is 2. The van der Waals surface area contributed by atoms with Crippen LogP contribution in [0.5, 0.6) is 0 Å². The van der Waals surface area contributed by atoms with Gasteiger partial charge in [-0.1, -0.05) is 0 Å². The number of cyclic esters (lactones) is 2. The smallest absolute Gasteiger partial charge is 0.430 e. The Morgan fingerprint density at radius 2 is 1.94 bits per heavy atom. The first-order chi connectivity index (χ1) is 15.3. The Kier molecular flexibility index (Phi) is 7.15. The van der Waals surface area contributed by atoms with Crippen LogP contribution >= 0.6 is 11.8 Å². The van der Waals surface area contributed by atoms with Crippen molar-refractivity contribution in [2.24, 2.45) is 11.3 Å². The van der Waals surface area contributed by atoms with Gasteiger partial charge in [0.05, 0.1) is 5.41 Å². The molecule has 184 valence electrons. The molecule has 2 amide bonds. The molecule has 11 nitrogen and oxygen atoms in total. The quantitative estimate of drug-likeness (QED) is 0.227. The Balaban J connectivity index is 1.68. The number of rotatable bonds is 8. The number of hydrogen-bond acceptors (Lipinski definition) is 10. The first kappa shape index (κ1) is 25.1. The Morgan fingerprint density at radius 1 is 1.24 bits per heavy atom. The minimum absolute atomic E-state index is 0.0369. The average molecular weight is 487 g/mol. The third-order valence-electron chi connectivity index (χ3n) is 5.89. The molecule has 3 aliphatic heterocycles. The molecule has 0 aromatic rings. The molecular weight excluding hydrogens is 456 g/mol. The van der Waals surface area contributed by atoms with Crippen molar-refractivity contribution in [3.63, 3.8) is 0 Å². The van der Waals surface area contributed by atoms with Gasteiger partial charge >= 0.3 is 18.1 Å². The Bertz CT molecular complexity index is 842. The standard InChI is InChI=1S/C21H30N2O9S/c1-11(24)22-6-7-33-13-8-12-14(21(5)9-29-19(28)32-21)16(25)23(12)15(13)17(26)30-10-31-18(27)20(2,3)4/h12-15H,6-10H2,1-5H3,(H,22,24). The molecule has 1 N–H and O–H groups in total. The molecule has 5 atom stereocenters. The van der Waals surface area contributed by atoms with E-state index in [0.29, 0.717) is 18.7 Å². The molecule has 12 heteroatoms. The second kappa shape index (κ2) is 9.40. The highest BCUT2D eigenvalue weighted by Gasteiger charge is 2.67. The van der Waals surface area contributed by atoms with Gasteiger partial charge in [0.1, 0.15) is 18.6 Å². The number of nitrogens with zero attached hydrogens (tertiary/aromatic N) is 1. The topological polar surface area (TPSA) is 138 Å². The number of fused-ring (bicyclic) bond motifs is 1. The summed E-state index contributed by atoms with van der Waals surface area (Å²) < 4.78 is 20.4. The van der Waals surface area contributed by atoms with Gasteiger partial charge in [-0.05, 0) is 34.1 Å². The van der Waals surface area contributed by atoms with Crippen LogP contribution in [0.1, 0.15) is 41.0 Å². The van der Waals surface area contributed by atoms with E-state index < -0.39 is 47.9 Å². The lowest BCUT2D eigenvalue weighted by molar-refractivity contribution is -0.185. The van der Waals surface area contributed by atoms with Gasteiger partial charge in [-0.25, -0.2) is 9.59 Å². The van der Waals surface area contributed by atoms with Gasteiger partial charge in [-0.15, -0.1) is 0 Å². The van der Waals surface area contributed by atoms with E-state index in [9.17, 15) is 24.0 Å². The highest BCUT2D eigenvalue weighted by Crippen LogP contribution is 2.50. The summed E-state index contributed by atoms with van der Waals surface area (Å²) in [5.41, 5.74) is -1.84. The van der Waals surface area contributed by atoms with Gasteiger partial charge in [-0.2, -0.15) is 11.8 Å². The van der Waals surface area contributed by atoms with Crippen LogP contribution in [0.25, 0.3) is 0 Å². The number of ether oxygens (including phenoxy) is 4. The van der Waals surface area contributed by atoms with Crippen LogP contribution in [-0.2, 0) is 38.1 Å². The predicted molar refractivity (Wildman–Crippen MR) is 115 cm³/mol. The van der Waals surface area contributed by atoms with E-state index >= 15 is 0 Å². The lowest BCUT2D eigenvalue weighted by Gasteiger charge is -2.49. The van der Waals surface area contributed by atoms with Crippen molar-refractivity contribution in [2.45, 2.75) is 64.0 Å². The normalized spacial score (nSPS) is 30.6. The molecule has 0 radical (unpaired) electrons. The van der Waals surface area contributed by atoms with Gasteiger partial charge in [0.2, 0.25) is 18.6 Å². The summed E-state index contributed by atoms with van der Waals surface area (Å²) in [7, 11) is 0. The fourth-order valence-electron chi connectivity index (χ4n) is 4.28. The van der Waals surface area contributed by atoms with Gasteiger partial charge in [0, 0.05) is 30.5 Å². The van der Waals surface area contributed by atoms with E-state index in [4.69, 9.17) is 18.9 Å². The predicted octanol–water partition coefficient (Wildman–Crippen LogP) is 0.839. The maximum Gasteiger partial charge on any atom is 0.509 e. The SMILES string of the molecule is CC(=O)NCCSC1CC2C(C3(C)COC(=O)O3)C(=O)N2C1C(=O)OCOC(=O)C(C)(C)C. The molecule has 3 fully saturated rings. The van der Waals surface area contributed by atoms with Crippen LogP contribution in [0.15, 0.2) is 0 Å². The van der Waals surface area contributed by atoms with E-state index in [1.807, 2.05) is 0 Å². The average Bonchev–Trinajstić information content (AvgIpc) is 3.21. The van der Waals surface area contributed by atoms with Gasteiger partial charge in [0.15, 0.2) is 5.60 Å². The molecule has 3 aliphatic rings. The number of hydrogen-bond donors (Lipinski definition) is 1. The van der Waals surface area contributed by atoms with Crippen molar-refractivity contribution in [1.82, 2.24) is 10.2 Å². The summed E-state index contributed by atoms with van der Waals surface area (Å²) in [6.45, 7) is 7.93. The number of thioether (sulfide) groups is 1. The summed E-state index contributed by atoms with van der Waals surface area (Å²) in [4.78, 5) is 62.0. The Labute approximate surface area is 196 Å². The van der Waals surface area contributed by atoms with Crippen LogP contribution in [0, 0.1) is 11.3 Å². The van der Waals surface area contributed by atoms with Crippen molar-refractivity contribution >= 4 is 41.7 Å². The van der Waals surface area contributed by atoms with Crippen LogP contribution in [0.2, 0.25) is 0 Å². The van der Waals surface area contributed by atoms with E-state index in [-0.39, 0.29) is 29.7 Å². The molecule has 3 heterocycles. The second-order valence-corrected chi connectivity index (χ2v) is 10.9. The van der Waals surface area contributed by atoms with Crippen molar-refractivity contribution in [3.05, 3.63) is 0 Å². The lowest BCUT2D eigenvalue weighted by atomic mass is 9.75. The third kappa shape index (κ3) is 5.20. The molecule has 5 unspecified atom stereocenters. The maximum atomic E-state index is 13.1. The summed E-state index contributed by atoms with van der Waals surface area (Å²) in [5.74, 6) is -1.77. The molecule has 3 rings (SSSR count). The molecule has 0 aromatic heterocycles. The summed E-state index contributed by atoms with van der Waals surface area (Å²) in [6.07, 6.45) is -0.338. The molecule has 33 heavy (non-hydrogen) atoms. The van der Waals surface area contributed by atoms with E-state index in [2.05, 4.69) is 5.32 Å². The molecular formula is C21H30N2O9S. The molecule has 0 aliphatic carbocycles. The molecule has 3 saturated heterocycles. The summed E-state index contributed by atoms with van der Waals surface area (Å²) >= 11 is 1.44. The lowest BCUT2D eigenvalue weighted by Crippen LogP contribution is -2.68. The molecule has 0 aromatic carbocycles. The number of carbonyl (C=O) groups is 5. The van der Waals surface area contributed by atoms with Crippen molar-refractivity contribution < 1.29 is 42.9 Å². The first-order valence-electron chi connectivity index (χ1n) is 10.7. The van der Waals surface area contributed by atoms with E-state index in [0.717, 1.165) is 0 Å². The maximum absolute atomic E-state index is 13.1. The van der Waals surface area contributed by atoms with Gasteiger partial charge < -0.3 is 29.2 Å². The fraction of sp³-hybridized carbons (Fsp3) is 0.762. The van der Waals surface area contributed by atoms with Crippen LogP contribution < -0.4 is 5.32 Å². The largest absolute Gasteiger partial charge is 0.509 e. The molecule has 0 saturated carbocycles. The first-order valence-corrected chi connectivity index (χ1v) is 11.8. The van der Waals surface area contributed by atoms with Crippen molar-refractivity contribution in [2.75, 3.05) is 25.7 Å². The van der Waals surface area contributed by atoms with E-state index in [1.54, 1.807) is 27.7 Å². The zero-order valence-corrected chi connectivity index (χ0v) is 20.2. The minimum Gasteiger partial charge on any atom is -0.430 e. The Morgan fingerprint density at radius 3 is 2.52 bits per heavy atom. The van der Waals surface area contributed by atoms with Gasteiger partial charge in [0.25, 0.3) is 0 Å². The summed E-state index contributed by atoms with van der Waals surface area (Å²) in [5, 5.41) is 2.40. The number of carbonyl (C=O) groups excluding carboxylic acids is 5. The second-order valence-electron chi connectivity index (χ2n) is 9.58. The fourth-order valence-corrected chi connectivity index (χ4v) is 5.56. The van der Waals surface area contributed by atoms with E-state index in [1.165, 1.54) is 23.6 Å². The molecule has 0 bridgehead atoms. The van der Waals surface area contributed by atoms with Crippen molar-refractivity contribution in [3.8, 4) is 0 Å². The number of nitrogens with one attached hydrogen (secondary N) is 1. The number of esters is 2. The van der Waals surface area contributed by atoms with Gasteiger partial charge in [-0.3, -0.25) is 14.4 Å². The van der Waals surface area contributed by atoms with Crippen LogP contribution in [0.3, 0.4) is 0 Å². The zero-order chi connectivity index (χ0) is 24.6.